The number of fused-ring (bicyclic) bond motifs is 1. The number of pyridine rings is 1. The van der Waals surface area contributed by atoms with Gasteiger partial charge in [0.25, 0.3) is 11.6 Å². The van der Waals surface area contributed by atoms with Crippen LogP contribution < -0.4 is 9.47 Å². The third-order valence-corrected chi connectivity index (χ3v) is 5.83. The smallest absolute Gasteiger partial charge is 0.345 e. The quantitative estimate of drug-likeness (QED) is 0.245. The first kappa shape index (κ1) is 21.7. The van der Waals surface area contributed by atoms with Gasteiger partial charge in [0, 0.05) is 43.9 Å². The molecule has 168 valence electrons. The zero-order valence-corrected chi connectivity index (χ0v) is 18.0. The molecule has 0 unspecified atom stereocenters. The lowest BCUT2D eigenvalue weighted by molar-refractivity contribution is -0.384. The molecular weight excluding hydrogens is 418 g/mol. The van der Waals surface area contributed by atoms with Crippen LogP contribution in [0.4, 0.5) is 5.69 Å². The first-order valence-electron chi connectivity index (χ1n) is 10.0. The fourth-order valence-corrected chi connectivity index (χ4v) is 3.86. The maximum absolute atomic E-state index is 12.9. The molecule has 0 radical (unpaired) electrons. The average Bonchev–Trinajstić information content (AvgIpc) is 3.25. The average molecular weight is 441 g/mol. The number of methoxy groups -OCH3 is 2. The number of rotatable bonds is 6. The molecule has 0 saturated carbocycles. The highest BCUT2D eigenvalue weighted by molar-refractivity contribution is 6.05. The molecule has 4 rings (SSSR count). The number of aromatic nitrogens is 1. The lowest BCUT2D eigenvalue weighted by Crippen LogP contribution is -2.41. The lowest BCUT2D eigenvalue weighted by Gasteiger charge is -2.37. The van der Waals surface area contributed by atoms with Gasteiger partial charge in [-0.25, -0.2) is 9.78 Å². The second-order valence-corrected chi connectivity index (χ2v) is 7.68. The summed E-state index contributed by atoms with van der Waals surface area (Å²) in [6.07, 6.45) is 2.83. The number of furan rings is 1. The number of esters is 1. The minimum Gasteiger partial charge on any atom is -0.478 e. The maximum Gasteiger partial charge on any atom is 0.345 e. The number of hydrogen-bond donors (Lipinski definition) is 0. The lowest BCUT2D eigenvalue weighted by atomic mass is 9.88. The molecule has 0 amide bonds. The molecule has 3 aromatic rings. The maximum atomic E-state index is 12.9. The molecule has 2 aromatic heterocycles. The van der Waals surface area contributed by atoms with Crippen LogP contribution in [0, 0.1) is 10.1 Å². The van der Waals surface area contributed by atoms with E-state index >= 15 is 0 Å². The van der Waals surface area contributed by atoms with Gasteiger partial charge in [0.15, 0.2) is 5.58 Å². The van der Waals surface area contributed by atoms with Crippen molar-refractivity contribution in [2.75, 3.05) is 34.4 Å². The molecule has 0 spiro atoms. The van der Waals surface area contributed by atoms with E-state index in [1.54, 1.807) is 13.2 Å². The van der Waals surface area contributed by atoms with Crippen LogP contribution in [0.25, 0.3) is 11.0 Å². The van der Waals surface area contributed by atoms with Gasteiger partial charge >= 0.3 is 5.97 Å². The monoisotopic (exact) mass is 441 g/mol. The van der Waals surface area contributed by atoms with Gasteiger partial charge in [-0.05, 0) is 38.1 Å². The largest absolute Gasteiger partial charge is 0.478 e. The molecule has 1 aliphatic heterocycles. The van der Waals surface area contributed by atoms with Gasteiger partial charge in [-0.2, -0.15) is 0 Å². The topological polar surface area (TPSA) is 117 Å². The van der Waals surface area contributed by atoms with Crippen LogP contribution in [0.2, 0.25) is 0 Å². The van der Waals surface area contributed by atoms with Crippen molar-refractivity contribution >= 4 is 22.6 Å². The number of nitro benzene ring substituents is 1. The van der Waals surface area contributed by atoms with Crippen LogP contribution >= 0.6 is 0 Å². The number of benzene rings is 1. The number of nitro groups is 1. The molecule has 0 bridgehead atoms. The fraction of sp³-hybridized carbons (Fsp3) is 0.364. The minimum atomic E-state index is -0.666. The van der Waals surface area contributed by atoms with Crippen LogP contribution in [0.15, 0.2) is 40.9 Å². The van der Waals surface area contributed by atoms with Crippen molar-refractivity contribution in [2.45, 2.75) is 18.4 Å². The number of likely N-dealkylation sites (tertiary alicyclic amines) is 1. The highest BCUT2D eigenvalue weighted by atomic mass is 16.6. The van der Waals surface area contributed by atoms with Crippen molar-refractivity contribution in [3.8, 4) is 11.6 Å². The Balaban J connectivity index is 1.70. The Bertz CT molecular complexity index is 1150. The van der Waals surface area contributed by atoms with Gasteiger partial charge in [0.2, 0.25) is 0 Å². The van der Waals surface area contributed by atoms with Crippen molar-refractivity contribution < 1.29 is 28.3 Å². The summed E-state index contributed by atoms with van der Waals surface area (Å²) < 4.78 is 22.8. The van der Waals surface area contributed by atoms with Gasteiger partial charge < -0.3 is 23.5 Å². The molecular formula is C22H23N3O7. The second-order valence-electron chi connectivity index (χ2n) is 7.68. The molecule has 1 fully saturated rings. The summed E-state index contributed by atoms with van der Waals surface area (Å²) in [7, 11) is 5.18. The van der Waals surface area contributed by atoms with Gasteiger partial charge in [0.05, 0.1) is 17.6 Å². The standard InChI is InChI=1S/C22H23N3O7/c1-24-10-8-22(30-3,9-11-24)18-12-16-17(13-23-20(29-2)19(16)32-18)21(26)31-15-6-4-14(5-7-15)25(27)28/h4-7,12-13H,8-11H2,1-3H3. The number of hydrogen-bond acceptors (Lipinski definition) is 9. The number of piperidine rings is 1. The van der Waals surface area contributed by atoms with Crippen LogP contribution in [0.5, 0.6) is 11.6 Å². The molecule has 10 heteroatoms. The van der Waals surface area contributed by atoms with Crippen molar-refractivity contribution in [3.63, 3.8) is 0 Å². The van der Waals surface area contributed by atoms with Crippen LogP contribution in [-0.4, -0.2) is 55.1 Å². The van der Waals surface area contributed by atoms with E-state index in [1.165, 1.54) is 37.6 Å². The Hall–Kier alpha value is -3.50. The number of carbonyl (C=O) groups excluding carboxylic acids is 1. The Kier molecular flexibility index (Phi) is 5.81. The normalized spacial score (nSPS) is 16.1. The predicted octanol–water partition coefficient (Wildman–Crippen LogP) is 3.53. The summed E-state index contributed by atoms with van der Waals surface area (Å²) in [5.41, 5.74) is -0.194. The third kappa shape index (κ3) is 3.90. The van der Waals surface area contributed by atoms with Crippen molar-refractivity contribution in [1.29, 1.82) is 0 Å². The van der Waals surface area contributed by atoms with Crippen LogP contribution in [0.1, 0.15) is 29.0 Å². The third-order valence-electron chi connectivity index (χ3n) is 5.83. The summed E-state index contributed by atoms with van der Waals surface area (Å²) >= 11 is 0. The van der Waals surface area contributed by atoms with E-state index < -0.39 is 16.5 Å². The SMILES string of the molecule is COc1ncc(C(=O)Oc2ccc([N+](=O)[O-])cc2)c2cc(C3(OC)CCN(C)CC3)oc12. The zero-order chi connectivity index (χ0) is 22.9. The Morgan fingerprint density at radius 2 is 1.91 bits per heavy atom. The van der Waals surface area contributed by atoms with E-state index in [0.29, 0.717) is 16.7 Å². The van der Waals surface area contributed by atoms with Crippen molar-refractivity contribution in [3.05, 3.63) is 58.0 Å². The number of ether oxygens (including phenoxy) is 3. The van der Waals surface area contributed by atoms with E-state index in [-0.39, 0.29) is 22.9 Å². The zero-order valence-electron chi connectivity index (χ0n) is 18.0. The van der Waals surface area contributed by atoms with Gasteiger partial charge in [-0.3, -0.25) is 10.1 Å². The Morgan fingerprint density at radius 3 is 2.50 bits per heavy atom. The number of nitrogens with zero attached hydrogens (tertiary/aromatic N) is 3. The van der Waals surface area contributed by atoms with E-state index in [0.717, 1.165) is 25.9 Å². The molecule has 10 nitrogen and oxygen atoms in total. The molecule has 1 aliphatic rings. The van der Waals surface area contributed by atoms with Crippen LogP contribution in [0.3, 0.4) is 0 Å². The van der Waals surface area contributed by atoms with E-state index in [9.17, 15) is 14.9 Å². The molecule has 0 atom stereocenters. The van der Waals surface area contributed by atoms with E-state index in [1.807, 2.05) is 0 Å². The van der Waals surface area contributed by atoms with Gasteiger partial charge in [0.1, 0.15) is 17.1 Å². The highest BCUT2D eigenvalue weighted by Crippen LogP contribution is 2.41. The highest BCUT2D eigenvalue weighted by Gasteiger charge is 2.39. The van der Waals surface area contributed by atoms with Crippen molar-refractivity contribution in [1.82, 2.24) is 9.88 Å². The minimum absolute atomic E-state index is 0.0965. The molecule has 0 N–H and O–H groups in total. The Morgan fingerprint density at radius 1 is 1.22 bits per heavy atom. The van der Waals surface area contributed by atoms with E-state index in [2.05, 4.69) is 16.9 Å². The predicted molar refractivity (Wildman–Crippen MR) is 114 cm³/mol. The van der Waals surface area contributed by atoms with Gasteiger partial charge in [-0.1, -0.05) is 0 Å². The number of non-ortho nitro benzene ring substituents is 1. The van der Waals surface area contributed by atoms with Gasteiger partial charge in [-0.15, -0.1) is 0 Å². The Labute approximate surface area is 183 Å². The fourth-order valence-electron chi connectivity index (χ4n) is 3.86. The first-order valence-corrected chi connectivity index (χ1v) is 10.0. The summed E-state index contributed by atoms with van der Waals surface area (Å²) in [6.45, 7) is 1.69. The molecule has 1 saturated heterocycles. The summed E-state index contributed by atoms with van der Waals surface area (Å²) in [6, 6.07) is 7.04. The first-order chi connectivity index (χ1) is 15.4. The summed E-state index contributed by atoms with van der Waals surface area (Å²) in [4.78, 5) is 29.6. The molecule has 1 aromatic carbocycles. The second kappa shape index (κ2) is 8.56. The summed E-state index contributed by atoms with van der Waals surface area (Å²) in [5.74, 6) is 0.356. The van der Waals surface area contributed by atoms with E-state index in [4.69, 9.17) is 18.6 Å². The van der Waals surface area contributed by atoms with Crippen LogP contribution in [-0.2, 0) is 10.3 Å². The summed E-state index contributed by atoms with van der Waals surface area (Å²) in [5, 5.41) is 11.3. The number of carbonyl (C=O) groups is 1. The molecule has 3 heterocycles. The molecule has 32 heavy (non-hydrogen) atoms. The molecule has 0 aliphatic carbocycles. The van der Waals surface area contributed by atoms with Crippen molar-refractivity contribution in [2.24, 2.45) is 0 Å².